The Morgan fingerprint density at radius 1 is 1.00 bits per heavy atom. The molecule has 3 aromatic carbocycles. The second-order valence-corrected chi connectivity index (χ2v) is 6.99. The Morgan fingerprint density at radius 3 is 2.43 bits per heavy atom. The molecule has 0 unspecified atom stereocenters. The van der Waals surface area contributed by atoms with Crippen molar-refractivity contribution in [2.24, 2.45) is 0 Å². The topological polar surface area (TPSA) is 46.5 Å². The highest BCUT2D eigenvalue weighted by Gasteiger charge is 2.19. The summed E-state index contributed by atoms with van der Waals surface area (Å²) in [6.07, 6.45) is 0.147. The molecule has 0 spiro atoms. The predicted octanol–water partition coefficient (Wildman–Crippen LogP) is 5.56. The van der Waals surface area contributed by atoms with Crippen molar-refractivity contribution in [2.75, 3.05) is 7.11 Å². The number of ether oxygens (including phenoxy) is 1. The molecule has 0 aliphatic carbocycles. The van der Waals surface area contributed by atoms with E-state index in [2.05, 4.69) is 0 Å². The average molecular weight is 378 g/mol. The van der Waals surface area contributed by atoms with Gasteiger partial charge in [-0.15, -0.1) is 0 Å². The molecule has 0 bridgehead atoms. The van der Waals surface area contributed by atoms with Crippen LogP contribution in [0.1, 0.15) is 32.6 Å². The van der Waals surface area contributed by atoms with Gasteiger partial charge in [-0.25, -0.2) is 4.39 Å². The molecule has 3 aromatic rings. The van der Waals surface area contributed by atoms with Gasteiger partial charge in [0.1, 0.15) is 17.3 Å². The Morgan fingerprint density at radius 2 is 1.75 bits per heavy atom. The average Bonchev–Trinajstić information content (AvgIpc) is 2.67. The van der Waals surface area contributed by atoms with Crippen molar-refractivity contribution in [3.05, 3.63) is 82.2 Å². The minimum Gasteiger partial charge on any atom is -0.508 e. The number of phenolic OH excluding ortho intramolecular Hbond substituents is 1. The van der Waals surface area contributed by atoms with Gasteiger partial charge in [0.05, 0.1) is 12.7 Å². The fourth-order valence-electron chi connectivity index (χ4n) is 3.49. The zero-order valence-corrected chi connectivity index (χ0v) is 16.5. The Kier molecular flexibility index (Phi) is 5.50. The van der Waals surface area contributed by atoms with Crippen LogP contribution in [-0.2, 0) is 6.42 Å². The Hall–Kier alpha value is -3.14. The van der Waals surface area contributed by atoms with E-state index in [1.807, 2.05) is 26.0 Å². The summed E-state index contributed by atoms with van der Waals surface area (Å²) in [6.45, 7) is 5.58. The van der Waals surface area contributed by atoms with E-state index in [-0.39, 0.29) is 23.8 Å². The molecule has 3 nitrogen and oxygen atoms in total. The van der Waals surface area contributed by atoms with Gasteiger partial charge < -0.3 is 9.84 Å². The number of hydrogen-bond donors (Lipinski definition) is 1. The summed E-state index contributed by atoms with van der Waals surface area (Å²) in [5.74, 6) is 0.241. The lowest BCUT2D eigenvalue weighted by Gasteiger charge is -2.15. The summed E-state index contributed by atoms with van der Waals surface area (Å²) < 4.78 is 19.1. The van der Waals surface area contributed by atoms with Crippen molar-refractivity contribution >= 4 is 5.78 Å². The monoisotopic (exact) mass is 378 g/mol. The highest BCUT2D eigenvalue weighted by atomic mass is 19.1. The van der Waals surface area contributed by atoms with E-state index in [1.54, 1.807) is 31.2 Å². The van der Waals surface area contributed by atoms with Crippen molar-refractivity contribution < 1.29 is 19.0 Å². The van der Waals surface area contributed by atoms with Crippen LogP contribution in [0.3, 0.4) is 0 Å². The van der Waals surface area contributed by atoms with E-state index in [4.69, 9.17) is 4.74 Å². The van der Waals surface area contributed by atoms with Crippen molar-refractivity contribution in [2.45, 2.75) is 27.2 Å². The molecule has 0 aliphatic heterocycles. The lowest BCUT2D eigenvalue weighted by Crippen LogP contribution is -2.09. The van der Waals surface area contributed by atoms with E-state index < -0.39 is 0 Å². The quantitative estimate of drug-likeness (QED) is 0.592. The first-order chi connectivity index (χ1) is 13.3. The summed E-state index contributed by atoms with van der Waals surface area (Å²) in [5, 5.41) is 10.0. The number of methoxy groups -OCH3 is 1. The van der Waals surface area contributed by atoms with Crippen LogP contribution in [0.2, 0.25) is 0 Å². The van der Waals surface area contributed by atoms with Gasteiger partial charge >= 0.3 is 0 Å². The summed E-state index contributed by atoms with van der Waals surface area (Å²) in [7, 11) is 1.53. The number of Topliss-reactive ketones (excluding diaryl/α,β-unsaturated/α-hetero) is 1. The Balaban J connectivity index is 2.08. The molecule has 4 heteroatoms. The normalized spacial score (nSPS) is 10.8. The van der Waals surface area contributed by atoms with Crippen molar-refractivity contribution in [1.82, 2.24) is 0 Å². The van der Waals surface area contributed by atoms with Crippen molar-refractivity contribution in [3.63, 3.8) is 0 Å². The smallest absolute Gasteiger partial charge is 0.171 e. The molecular weight excluding hydrogens is 355 g/mol. The molecule has 0 amide bonds. The van der Waals surface area contributed by atoms with Crippen LogP contribution in [0.15, 0.2) is 48.5 Å². The first kappa shape index (κ1) is 19.6. The fraction of sp³-hybridized carbons (Fsp3) is 0.208. The number of carbonyl (C=O) groups excluding carboxylic acids is 1. The predicted molar refractivity (Wildman–Crippen MR) is 109 cm³/mol. The first-order valence-corrected chi connectivity index (χ1v) is 9.07. The van der Waals surface area contributed by atoms with E-state index in [9.17, 15) is 14.3 Å². The van der Waals surface area contributed by atoms with Crippen LogP contribution in [0.5, 0.6) is 11.5 Å². The van der Waals surface area contributed by atoms with Gasteiger partial charge in [0.2, 0.25) is 0 Å². The highest BCUT2D eigenvalue weighted by molar-refractivity contribution is 6.02. The third-order valence-electron chi connectivity index (χ3n) is 5.08. The largest absolute Gasteiger partial charge is 0.508 e. The first-order valence-electron chi connectivity index (χ1n) is 9.07. The number of phenols is 1. The van der Waals surface area contributed by atoms with Crippen molar-refractivity contribution in [3.8, 4) is 22.6 Å². The standard InChI is InChI=1S/C24H23FO3/c1-14-8-9-22(26)16(3)20(14)13-23(27)21-12-18(10-15(2)24(21)28-4)17-6-5-7-19(25)11-17/h5-12,26H,13H2,1-4H3. The highest BCUT2D eigenvalue weighted by Crippen LogP contribution is 2.33. The van der Waals surface area contributed by atoms with Gasteiger partial charge in [0.15, 0.2) is 5.78 Å². The lowest BCUT2D eigenvalue weighted by atomic mass is 9.92. The van der Waals surface area contributed by atoms with E-state index in [0.29, 0.717) is 22.4 Å². The Bertz CT molecular complexity index is 1050. The van der Waals surface area contributed by atoms with Crippen molar-refractivity contribution in [1.29, 1.82) is 0 Å². The molecule has 0 fully saturated rings. The number of hydrogen-bond acceptors (Lipinski definition) is 3. The molecule has 1 N–H and O–H groups in total. The van der Waals surface area contributed by atoms with Gasteiger partial charge in [0.25, 0.3) is 0 Å². The maximum absolute atomic E-state index is 13.7. The van der Waals surface area contributed by atoms with Gasteiger partial charge in [0, 0.05) is 6.42 Å². The zero-order chi connectivity index (χ0) is 20.4. The number of aryl methyl sites for hydroxylation is 2. The van der Waals surface area contributed by atoms with Crippen LogP contribution < -0.4 is 4.74 Å². The summed E-state index contributed by atoms with van der Waals surface area (Å²) in [4.78, 5) is 13.2. The molecule has 0 aliphatic rings. The van der Waals surface area contributed by atoms with Gasteiger partial charge in [-0.1, -0.05) is 18.2 Å². The fourth-order valence-corrected chi connectivity index (χ4v) is 3.49. The SMILES string of the molecule is COc1c(C)cc(-c2cccc(F)c2)cc1C(=O)Cc1c(C)ccc(O)c1C. The molecule has 28 heavy (non-hydrogen) atoms. The van der Waals surface area contributed by atoms with Crippen LogP contribution >= 0.6 is 0 Å². The molecule has 0 saturated carbocycles. The van der Waals surface area contributed by atoms with Crippen LogP contribution in [0.4, 0.5) is 4.39 Å². The molecule has 3 rings (SSSR count). The molecule has 0 heterocycles. The second-order valence-electron chi connectivity index (χ2n) is 6.99. The minimum atomic E-state index is -0.329. The third-order valence-corrected chi connectivity index (χ3v) is 5.08. The van der Waals surface area contributed by atoms with E-state index in [0.717, 1.165) is 22.3 Å². The number of ketones is 1. The van der Waals surface area contributed by atoms with E-state index in [1.165, 1.54) is 19.2 Å². The number of halogens is 1. The minimum absolute atomic E-state index is 0.116. The third kappa shape index (κ3) is 3.77. The molecule has 0 atom stereocenters. The molecule has 144 valence electrons. The van der Waals surface area contributed by atoms with Crippen LogP contribution in [0.25, 0.3) is 11.1 Å². The number of carbonyl (C=O) groups is 1. The number of aromatic hydroxyl groups is 1. The second kappa shape index (κ2) is 7.85. The maximum atomic E-state index is 13.7. The lowest BCUT2D eigenvalue weighted by molar-refractivity contribution is 0.0989. The summed E-state index contributed by atoms with van der Waals surface area (Å²) in [5.41, 5.74) is 5.16. The van der Waals surface area contributed by atoms with Crippen LogP contribution in [0, 0.1) is 26.6 Å². The molecule has 0 radical (unpaired) electrons. The Labute approximate surface area is 164 Å². The molecule has 0 saturated heterocycles. The molecule has 0 aromatic heterocycles. The van der Waals surface area contributed by atoms with Gasteiger partial charge in [-0.05, 0) is 84.5 Å². The maximum Gasteiger partial charge on any atom is 0.171 e. The number of rotatable bonds is 5. The van der Waals surface area contributed by atoms with Gasteiger partial charge in [-0.3, -0.25) is 4.79 Å². The van der Waals surface area contributed by atoms with Gasteiger partial charge in [-0.2, -0.15) is 0 Å². The number of benzene rings is 3. The molecular formula is C24H23FO3. The summed E-state index contributed by atoms with van der Waals surface area (Å²) in [6, 6.07) is 13.3. The van der Waals surface area contributed by atoms with E-state index >= 15 is 0 Å². The zero-order valence-electron chi connectivity index (χ0n) is 16.5. The summed E-state index contributed by atoms with van der Waals surface area (Å²) >= 11 is 0. The van der Waals surface area contributed by atoms with Crippen LogP contribution in [-0.4, -0.2) is 18.0 Å².